The number of fused-ring (bicyclic) bond motifs is 1. The number of aryl methyl sites for hydroxylation is 1. The molecule has 35 heavy (non-hydrogen) atoms. The molecule has 0 atom stereocenters. The Hall–Kier alpha value is -3.97. The maximum Gasteiger partial charge on any atom is 0.267 e. The number of rotatable bonds is 6. The molecule has 4 aromatic rings. The molecule has 1 N–H and O–H groups in total. The molecule has 1 aliphatic rings. The SMILES string of the molecule is Cc1ccc(-n2c(N3CCOCC3)nc3cc(C(=O)NCCc4ccccc4)ccc3c2=O)cc1. The van der Waals surface area contributed by atoms with E-state index in [2.05, 4.69) is 10.2 Å². The molecule has 0 spiro atoms. The summed E-state index contributed by atoms with van der Waals surface area (Å²) >= 11 is 0. The highest BCUT2D eigenvalue weighted by Gasteiger charge is 2.21. The van der Waals surface area contributed by atoms with E-state index in [4.69, 9.17) is 9.72 Å². The van der Waals surface area contributed by atoms with Crippen LogP contribution in [0.25, 0.3) is 16.6 Å². The van der Waals surface area contributed by atoms with Crippen molar-refractivity contribution in [2.24, 2.45) is 0 Å². The Bertz CT molecular complexity index is 1390. The van der Waals surface area contributed by atoms with Crippen LogP contribution in [0.5, 0.6) is 0 Å². The second-order valence-corrected chi connectivity index (χ2v) is 8.71. The second-order valence-electron chi connectivity index (χ2n) is 8.71. The van der Waals surface area contributed by atoms with Crippen LogP contribution in [-0.4, -0.2) is 48.3 Å². The molecule has 0 radical (unpaired) electrons. The molecule has 1 amide bonds. The summed E-state index contributed by atoms with van der Waals surface area (Å²) in [7, 11) is 0. The molecule has 1 aliphatic heterocycles. The number of carbonyl (C=O) groups is 1. The summed E-state index contributed by atoms with van der Waals surface area (Å²) in [5, 5.41) is 3.45. The van der Waals surface area contributed by atoms with Gasteiger partial charge in [0.25, 0.3) is 11.5 Å². The lowest BCUT2D eigenvalue weighted by atomic mass is 10.1. The molecule has 178 valence electrons. The lowest BCUT2D eigenvalue weighted by molar-refractivity contribution is 0.0954. The third-order valence-corrected chi connectivity index (χ3v) is 6.24. The maximum absolute atomic E-state index is 13.7. The first-order chi connectivity index (χ1) is 17.1. The summed E-state index contributed by atoms with van der Waals surface area (Å²) in [6, 6.07) is 23.0. The van der Waals surface area contributed by atoms with Crippen LogP contribution in [0, 0.1) is 6.92 Å². The summed E-state index contributed by atoms with van der Waals surface area (Å²) in [5.74, 6) is 0.386. The smallest absolute Gasteiger partial charge is 0.267 e. The van der Waals surface area contributed by atoms with Crippen molar-refractivity contribution in [1.82, 2.24) is 14.9 Å². The van der Waals surface area contributed by atoms with Gasteiger partial charge in [-0.25, -0.2) is 9.55 Å². The molecule has 1 fully saturated rings. The summed E-state index contributed by atoms with van der Waals surface area (Å²) in [5.41, 5.74) is 3.89. The minimum absolute atomic E-state index is 0.156. The quantitative estimate of drug-likeness (QED) is 0.469. The molecule has 1 aromatic heterocycles. The molecular weight excluding hydrogens is 440 g/mol. The zero-order valence-electron chi connectivity index (χ0n) is 19.7. The highest BCUT2D eigenvalue weighted by molar-refractivity contribution is 5.97. The Labute approximate surface area is 204 Å². The van der Waals surface area contributed by atoms with Crippen molar-refractivity contribution in [2.45, 2.75) is 13.3 Å². The number of benzene rings is 3. The third-order valence-electron chi connectivity index (χ3n) is 6.24. The predicted octanol–water partition coefficient (Wildman–Crippen LogP) is 3.50. The first-order valence-corrected chi connectivity index (χ1v) is 11.9. The number of aromatic nitrogens is 2. The van der Waals surface area contributed by atoms with Gasteiger partial charge in [0.1, 0.15) is 0 Å². The lowest BCUT2D eigenvalue weighted by Gasteiger charge is -2.30. The third kappa shape index (κ3) is 4.95. The van der Waals surface area contributed by atoms with Crippen LogP contribution in [0.15, 0.2) is 77.6 Å². The van der Waals surface area contributed by atoms with Crippen LogP contribution in [0.4, 0.5) is 5.95 Å². The molecule has 5 rings (SSSR count). The Kier molecular flexibility index (Phi) is 6.59. The molecular formula is C28H28N4O3. The topological polar surface area (TPSA) is 76.5 Å². The van der Waals surface area contributed by atoms with E-state index in [0.717, 1.165) is 17.7 Å². The zero-order chi connectivity index (χ0) is 24.2. The van der Waals surface area contributed by atoms with E-state index in [1.54, 1.807) is 22.8 Å². The normalized spacial score (nSPS) is 13.7. The fourth-order valence-corrected chi connectivity index (χ4v) is 4.28. The first kappa shape index (κ1) is 22.8. The van der Waals surface area contributed by atoms with E-state index in [1.165, 1.54) is 5.56 Å². The van der Waals surface area contributed by atoms with Crippen LogP contribution >= 0.6 is 0 Å². The summed E-state index contributed by atoms with van der Waals surface area (Å²) in [4.78, 5) is 33.4. The number of nitrogens with one attached hydrogen (secondary N) is 1. The highest BCUT2D eigenvalue weighted by Crippen LogP contribution is 2.22. The van der Waals surface area contributed by atoms with Crippen LogP contribution in [-0.2, 0) is 11.2 Å². The van der Waals surface area contributed by atoms with Crippen LogP contribution < -0.4 is 15.8 Å². The van der Waals surface area contributed by atoms with E-state index in [1.807, 2.05) is 61.5 Å². The average Bonchev–Trinajstić information content (AvgIpc) is 2.90. The number of amides is 1. The van der Waals surface area contributed by atoms with Crippen molar-refractivity contribution in [3.8, 4) is 5.69 Å². The van der Waals surface area contributed by atoms with Gasteiger partial charge >= 0.3 is 0 Å². The van der Waals surface area contributed by atoms with Crippen LogP contribution in [0.1, 0.15) is 21.5 Å². The molecule has 7 heteroatoms. The Morgan fingerprint density at radius 2 is 1.74 bits per heavy atom. The number of nitrogens with zero attached hydrogens (tertiary/aromatic N) is 3. The molecule has 0 saturated carbocycles. The van der Waals surface area contributed by atoms with Crippen molar-refractivity contribution in [1.29, 1.82) is 0 Å². The Morgan fingerprint density at radius 3 is 2.49 bits per heavy atom. The Balaban J connectivity index is 1.49. The van der Waals surface area contributed by atoms with Crippen molar-refractivity contribution in [3.05, 3.63) is 99.8 Å². The number of anilines is 1. The second kappa shape index (κ2) is 10.1. The maximum atomic E-state index is 13.7. The standard InChI is InChI=1S/C28H28N4O3/c1-20-7-10-23(11-8-20)32-27(34)24-12-9-22(26(33)29-14-13-21-5-3-2-4-6-21)19-25(24)30-28(32)31-15-17-35-18-16-31/h2-12,19H,13-18H2,1H3,(H,29,33). The number of ether oxygens (including phenoxy) is 1. The molecule has 0 bridgehead atoms. The number of morpholine rings is 1. The molecule has 7 nitrogen and oxygen atoms in total. The monoisotopic (exact) mass is 468 g/mol. The zero-order valence-corrected chi connectivity index (χ0v) is 19.7. The number of hydrogen-bond acceptors (Lipinski definition) is 5. The highest BCUT2D eigenvalue weighted by atomic mass is 16.5. The molecule has 0 unspecified atom stereocenters. The van der Waals surface area contributed by atoms with Crippen molar-refractivity contribution in [2.75, 3.05) is 37.7 Å². The van der Waals surface area contributed by atoms with Gasteiger partial charge < -0.3 is 15.0 Å². The van der Waals surface area contributed by atoms with E-state index < -0.39 is 0 Å². The van der Waals surface area contributed by atoms with Gasteiger partial charge in [0.2, 0.25) is 5.95 Å². The van der Waals surface area contributed by atoms with Gasteiger partial charge in [0.15, 0.2) is 0 Å². The summed E-state index contributed by atoms with van der Waals surface area (Å²) in [6.45, 7) is 4.98. The van der Waals surface area contributed by atoms with E-state index in [0.29, 0.717) is 55.3 Å². The molecule has 3 aromatic carbocycles. The van der Waals surface area contributed by atoms with Crippen molar-refractivity contribution >= 4 is 22.8 Å². The molecule has 1 saturated heterocycles. The van der Waals surface area contributed by atoms with E-state index in [9.17, 15) is 9.59 Å². The van der Waals surface area contributed by atoms with Gasteiger partial charge in [0, 0.05) is 25.2 Å². The van der Waals surface area contributed by atoms with Crippen LogP contribution in [0.3, 0.4) is 0 Å². The lowest BCUT2D eigenvalue weighted by Crippen LogP contribution is -2.40. The summed E-state index contributed by atoms with van der Waals surface area (Å²) in [6.07, 6.45) is 0.751. The van der Waals surface area contributed by atoms with Gasteiger partial charge in [-0.2, -0.15) is 0 Å². The van der Waals surface area contributed by atoms with Gasteiger partial charge in [0.05, 0.1) is 29.8 Å². The molecule has 0 aliphatic carbocycles. The fraction of sp³-hybridized carbons (Fsp3) is 0.250. The fourth-order valence-electron chi connectivity index (χ4n) is 4.28. The summed E-state index contributed by atoms with van der Waals surface area (Å²) < 4.78 is 7.17. The van der Waals surface area contributed by atoms with E-state index in [-0.39, 0.29) is 11.5 Å². The van der Waals surface area contributed by atoms with Crippen molar-refractivity contribution in [3.63, 3.8) is 0 Å². The minimum Gasteiger partial charge on any atom is -0.378 e. The van der Waals surface area contributed by atoms with Gasteiger partial charge in [-0.05, 0) is 49.2 Å². The average molecular weight is 469 g/mol. The number of carbonyl (C=O) groups excluding carboxylic acids is 1. The Morgan fingerprint density at radius 1 is 1.00 bits per heavy atom. The first-order valence-electron chi connectivity index (χ1n) is 11.9. The van der Waals surface area contributed by atoms with Gasteiger partial charge in [-0.3, -0.25) is 9.59 Å². The molecule has 2 heterocycles. The van der Waals surface area contributed by atoms with Gasteiger partial charge in [-0.1, -0.05) is 48.0 Å². The number of hydrogen-bond donors (Lipinski definition) is 1. The van der Waals surface area contributed by atoms with E-state index >= 15 is 0 Å². The largest absolute Gasteiger partial charge is 0.378 e. The predicted molar refractivity (Wildman–Crippen MR) is 138 cm³/mol. The van der Waals surface area contributed by atoms with Gasteiger partial charge in [-0.15, -0.1) is 0 Å². The van der Waals surface area contributed by atoms with Crippen molar-refractivity contribution < 1.29 is 9.53 Å². The minimum atomic E-state index is -0.180. The van der Waals surface area contributed by atoms with Crippen LogP contribution in [0.2, 0.25) is 0 Å².